The maximum atomic E-state index is 13.1. The van der Waals surface area contributed by atoms with Gasteiger partial charge in [0.05, 0.1) is 24.9 Å². The first-order valence-corrected chi connectivity index (χ1v) is 11.9. The van der Waals surface area contributed by atoms with Crippen molar-refractivity contribution in [3.05, 3.63) is 46.8 Å². The van der Waals surface area contributed by atoms with Gasteiger partial charge in [-0.05, 0) is 38.2 Å². The molecule has 3 aliphatic heterocycles. The van der Waals surface area contributed by atoms with Gasteiger partial charge in [-0.2, -0.15) is 0 Å². The molecule has 1 aromatic heterocycles. The highest BCUT2D eigenvalue weighted by Crippen LogP contribution is 2.28. The Morgan fingerprint density at radius 2 is 1.91 bits per heavy atom. The van der Waals surface area contributed by atoms with Crippen LogP contribution >= 0.6 is 0 Å². The molecule has 9 nitrogen and oxygen atoms in total. The number of benzene rings is 1. The molecule has 176 valence electrons. The highest BCUT2D eigenvalue weighted by atomic mass is 16.5. The van der Waals surface area contributed by atoms with Gasteiger partial charge in [0.2, 0.25) is 5.91 Å². The van der Waals surface area contributed by atoms with E-state index in [4.69, 9.17) is 9.47 Å². The predicted octanol–water partition coefficient (Wildman–Crippen LogP) is 2.01. The van der Waals surface area contributed by atoms with Crippen molar-refractivity contribution in [3.63, 3.8) is 0 Å². The normalized spacial score (nSPS) is 23.4. The molecule has 33 heavy (non-hydrogen) atoms. The highest BCUT2D eigenvalue weighted by Gasteiger charge is 2.33. The highest BCUT2D eigenvalue weighted by molar-refractivity contribution is 5.93. The third kappa shape index (κ3) is 4.79. The molecule has 0 aliphatic carbocycles. The molecule has 2 saturated heterocycles. The number of nitrogens with zero attached hydrogens (tertiary/aromatic N) is 4. The average Bonchev–Trinajstić information content (AvgIpc) is 3.52. The zero-order valence-electron chi connectivity index (χ0n) is 19.0. The summed E-state index contributed by atoms with van der Waals surface area (Å²) in [4.78, 5) is 27.4. The first-order valence-electron chi connectivity index (χ1n) is 11.9. The molecule has 1 N–H and O–H groups in total. The smallest absolute Gasteiger partial charge is 0.276 e. The van der Waals surface area contributed by atoms with Gasteiger partial charge in [0, 0.05) is 32.2 Å². The van der Waals surface area contributed by atoms with E-state index in [2.05, 4.69) is 46.8 Å². The summed E-state index contributed by atoms with van der Waals surface area (Å²) in [6.45, 7) is 5.32. The molecule has 2 fully saturated rings. The van der Waals surface area contributed by atoms with Gasteiger partial charge in [0.15, 0.2) is 5.69 Å². The number of rotatable bonds is 5. The van der Waals surface area contributed by atoms with Crippen LogP contribution in [0.3, 0.4) is 0 Å². The van der Waals surface area contributed by atoms with Crippen LogP contribution in [0.1, 0.15) is 59.1 Å². The maximum absolute atomic E-state index is 13.1. The lowest BCUT2D eigenvalue weighted by molar-refractivity contribution is -0.126. The molecule has 2 atom stereocenters. The topological polar surface area (TPSA) is 98.6 Å². The van der Waals surface area contributed by atoms with Crippen LogP contribution in [0, 0.1) is 12.8 Å². The van der Waals surface area contributed by atoms with Crippen LogP contribution in [-0.4, -0.2) is 64.1 Å². The molecule has 2 amide bonds. The zero-order chi connectivity index (χ0) is 22.8. The molecular formula is C24H31N5O4. The van der Waals surface area contributed by atoms with Gasteiger partial charge in [-0.15, -0.1) is 5.10 Å². The Morgan fingerprint density at radius 1 is 1.12 bits per heavy atom. The minimum atomic E-state index is -0.133. The van der Waals surface area contributed by atoms with Crippen molar-refractivity contribution in [2.75, 3.05) is 26.2 Å². The lowest BCUT2D eigenvalue weighted by atomic mass is 9.95. The summed E-state index contributed by atoms with van der Waals surface area (Å²) in [5.41, 5.74) is 3.38. The van der Waals surface area contributed by atoms with Crippen molar-refractivity contribution in [2.45, 2.75) is 58.0 Å². The molecule has 2 aromatic rings. The molecule has 0 radical (unpaired) electrons. The van der Waals surface area contributed by atoms with Crippen LogP contribution in [0.5, 0.6) is 0 Å². The van der Waals surface area contributed by atoms with Crippen molar-refractivity contribution >= 4 is 11.8 Å². The van der Waals surface area contributed by atoms with Gasteiger partial charge in [-0.25, -0.2) is 4.68 Å². The minimum absolute atomic E-state index is 0.0641. The number of carbonyl (C=O) groups excluding carboxylic acids is 2. The lowest BCUT2D eigenvalue weighted by Gasteiger charge is -2.31. The Hall–Kier alpha value is -2.78. The molecule has 0 bridgehead atoms. The largest absolute Gasteiger partial charge is 0.376 e. The molecular weight excluding hydrogens is 422 g/mol. The number of aromatic nitrogens is 3. The third-order valence-electron chi connectivity index (χ3n) is 6.93. The lowest BCUT2D eigenvalue weighted by Crippen LogP contribution is -2.44. The Labute approximate surface area is 193 Å². The monoisotopic (exact) mass is 453 g/mol. The second-order valence-electron chi connectivity index (χ2n) is 9.22. The van der Waals surface area contributed by atoms with Crippen molar-refractivity contribution in [2.24, 2.45) is 5.92 Å². The number of ether oxygens (including phenoxy) is 2. The van der Waals surface area contributed by atoms with Gasteiger partial charge >= 0.3 is 0 Å². The summed E-state index contributed by atoms with van der Waals surface area (Å²) in [6.07, 6.45) is 3.41. The van der Waals surface area contributed by atoms with Gasteiger partial charge in [0.25, 0.3) is 5.91 Å². The summed E-state index contributed by atoms with van der Waals surface area (Å²) in [7, 11) is 0. The fraction of sp³-hybridized carbons (Fsp3) is 0.583. The quantitative estimate of drug-likeness (QED) is 0.744. The number of hydrogen-bond donors (Lipinski definition) is 1. The van der Waals surface area contributed by atoms with Gasteiger partial charge in [0.1, 0.15) is 6.10 Å². The van der Waals surface area contributed by atoms with Gasteiger partial charge in [-0.3, -0.25) is 9.59 Å². The van der Waals surface area contributed by atoms with Crippen LogP contribution in [-0.2, 0) is 27.4 Å². The van der Waals surface area contributed by atoms with Crippen LogP contribution in [0.2, 0.25) is 0 Å². The number of hydrogen-bond acceptors (Lipinski definition) is 6. The van der Waals surface area contributed by atoms with Crippen LogP contribution < -0.4 is 5.32 Å². The van der Waals surface area contributed by atoms with Gasteiger partial charge in [-0.1, -0.05) is 35.0 Å². The SMILES string of the molecule is Cc1ccc([C@@H]2Cn3nnc(C(=O)N4CCC(C(=O)NC[C@H]5CCCO5)CC4)c3CO2)cc1. The molecule has 4 heterocycles. The second kappa shape index (κ2) is 9.61. The predicted molar refractivity (Wildman–Crippen MR) is 119 cm³/mol. The number of likely N-dealkylation sites (tertiary alicyclic amines) is 1. The van der Waals surface area contributed by atoms with E-state index in [1.54, 1.807) is 9.58 Å². The van der Waals surface area contributed by atoms with Crippen molar-refractivity contribution in [3.8, 4) is 0 Å². The third-order valence-corrected chi connectivity index (χ3v) is 6.93. The minimum Gasteiger partial charge on any atom is -0.376 e. The van der Waals surface area contributed by atoms with Gasteiger partial charge < -0.3 is 19.7 Å². The molecule has 0 spiro atoms. The summed E-state index contributed by atoms with van der Waals surface area (Å²) in [6, 6.07) is 8.26. The van der Waals surface area contributed by atoms with Crippen LogP contribution in [0.15, 0.2) is 24.3 Å². The van der Waals surface area contributed by atoms with E-state index in [0.717, 1.165) is 30.7 Å². The number of aryl methyl sites for hydroxylation is 1. The summed E-state index contributed by atoms with van der Waals surface area (Å²) in [5.74, 6) is -0.135. The maximum Gasteiger partial charge on any atom is 0.276 e. The van der Waals surface area contributed by atoms with E-state index >= 15 is 0 Å². The van der Waals surface area contributed by atoms with E-state index < -0.39 is 0 Å². The number of piperidine rings is 1. The summed E-state index contributed by atoms with van der Waals surface area (Å²) < 4.78 is 13.4. The van der Waals surface area contributed by atoms with Crippen molar-refractivity contribution in [1.82, 2.24) is 25.2 Å². The van der Waals surface area contributed by atoms with Crippen molar-refractivity contribution < 1.29 is 19.1 Å². The fourth-order valence-electron chi connectivity index (χ4n) is 4.82. The molecule has 1 aromatic carbocycles. The molecule has 0 saturated carbocycles. The molecule has 3 aliphatic rings. The molecule has 5 rings (SSSR count). The Morgan fingerprint density at radius 3 is 2.64 bits per heavy atom. The van der Waals surface area contributed by atoms with Crippen LogP contribution in [0.4, 0.5) is 0 Å². The summed E-state index contributed by atoms with van der Waals surface area (Å²) >= 11 is 0. The number of nitrogens with one attached hydrogen (secondary N) is 1. The Balaban J connectivity index is 1.15. The Bertz CT molecular complexity index is 991. The molecule has 0 unspecified atom stereocenters. The van der Waals surface area contributed by atoms with E-state index in [0.29, 0.717) is 51.3 Å². The second-order valence-corrected chi connectivity index (χ2v) is 9.22. The fourth-order valence-corrected chi connectivity index (χ4v) is 4.82. The number of fused-ring (bicyclic) bond motifs is 1. The van der Waals surface area contributed by atoms with E-state index in [1.807, 2.05) is 0 Å². The Kier molecular flexibility index (Phi) is 6.41. The summed E-state index contributed by atoms with van der Waals surface area (Å²) in [5, 5.41) is 11.4. The van der Waals surface area contributed by atoms with E-state index in [-0.39, 0.29) is 29.9 Å². The number of carbonyl (C=O) groups is 2. The van der Waals surface area contributed by atoms with E-state index in [1.165, 1.54) is 5.56 Å². The van der Waals surface area contributed by atoms with Crippen molar-refractivity contribution in [1.29, 1.82) is 0 Å². The first-order chi connectivity index (χ1) is 16.1. The average molecular weight is 454 g/mol. The number of amides is 2. The first kappa shape index (κ1) is 22.0. The molecule has 9 heteroatoms. The zero-order valence-corrected chi connectivity index (χ0v) is 19.0. The van der Waals surface area contributed by atoms with E-state index in [9.17, 15) is 9.59 Å². The standard InChI is InChI=1S/C24H31N5O4/c1-16-4-6-17(7-5-16)21-14-29-20(15-33-21)22(26-27-29)24(31)28-10-8-18(9-11-28)23(30)25-13-19-3-2-12-32-19/h4-7,18-19,21H,2-3,8-15H2,1H3,(H,25,30)/t19-,21+/m1/s1. The van der Waals surface area contributed by atoms with Crippen LogP contribution in [0.25, 0.3) is 0 Å².